The topological polar surface area (TPSA) is 6.48 Å². The number of para-hydroxylation sites is 2. The summed E-state index contributed by atoms with van der Waals surface area (Å²) in [5.41, 5.74) is 18.8. The van der Waals surface area contributed by atoms with E-state index in [0.717, 1.165) is 0 Å². The van der Waals surface area contributed by atoms with Crippen LogP contribution in [0.1, 0.15) is 112 Å². The number of hydrogen-bond acceptors (Lipinski definition) is 2. The molecule has 2 aliphatic carbocycles. The Labute approximate surface area is 415 Å². The standard InChI is InChI=1S/C68H64N2/c1-45-20-16-34-58(49-26-8-6-9-27-49)66(45)69(56-32-18-30-51(42-56)47-22-12-13-23-47)62-44-63(61-39-37-54-41-55(68(3,4)5)40-53-36-38-60(62)65(61)64(53)54)70(57-33-19-31-52(43-57)48-24-14-15-25-48)67-46(2)21-17-35-59(67)50-28-10-7-11-29-50/h6-11,16-21,26-44,47-48H,12-15,22-25H2,1-5H3. The maximum atomic E-state index is 2.65. The lowest BCUT2D eigenvalue weighted by Crippen LogP contribution is -2.17. The zero-order chi connectivity index (χ0) is 47.5. The van der Waals surface area contributed by atoms with E-state index in [1.54, 1.807) is 0 Å². The van der Waals surface area contributed by atoms with E-state index in [9.17, 15) is 0 Å². The second kappa shape index (κ2) is 18.0. The summed E-state index contributed by atoms with van der Waals surface area (Å²) >= 11 is 0. The van der Waals surface area contributed by atoms with Gasteiger partial charge in [0.25, 0.3) is 0 Å². The summed E-state index contributed by atoms with van der Waals surface area (Å²) in [7, 11) is 0. The summed E-state index contributed by atoms with van der Waals surface area (Å²) in [6, 6.07) is 72.2. The van der Waals surface area contributed by atoms with Crippen LogP contribution in [0.15, 0.2) is 188 Å². The van der Waals surface area contributed by atoms with Crippen molar-refractivity contribution >= 4 is 66.4 Å². The predicted octanol–water partition coefficient (Wildman–Crippen LogP) is 20.1. The van der Waals surface area contributed by atoms with Crippen LogP contribution in [0.3, 0.4) is 0 Å². The molecule has 0 saturated heterocycles. The third kappa shape index (κ3) is 7.83. The molecule has 0 atom stereocenters. The summed E-state index contributed by atoms with van der Waals surface area (Å²) in [5, 5.41) is 7.71. The zero-order valence-corrected chi connectivity index (χ0v) is 41.6. The van der Waals surface area contributed by atoms with Crippen LogP contribution in [0.4, 0.5) is 34.1 Å². The SMILES string of the molecule is Cc1cccc(-c2ccccc2)c1N(c1cccc(C2CCCC2)c1)c1cc(N(c2cccc(C3CCCC3)c2)c2c(C)cccc2-c2ccccc2)c2ccc3cc(C(C)(C)C)cc4ccc1c2c43. The van der Waals surface area contributed by atoms with Crippen LogP contribution in [-0.2, 0) is 5.41 Å². The van der Waals surface area contributed by atoms with Gasteiger partial charge in [-0.2, -0.15) is 0 Å². The number of benzene rings is 10. The molecule has 70 heavy (non-hydrogen) atoms. The molecular weight excluding hydrogens is 845 g/mol. The Morgan fingerprint density at radius 3 is 1.26 bits per heavy atom. The Hall–Kier alpha value is -7.16. The minimum absolute atomic E-state index is 0.000387. The normalized spacial score (nSPS) is 14.6. The third-order valence-corrected chi connectivity index (χ3v) is 16.0. The van der Waals surface area contributed by atoms with E-state index >= 15 is 0 Å². The molecule has 10 aromatic carbocycles. The molecule has 0 unspecified atom stereocenters. The van der Waals surface area contributed by atoms with E-state index in [4.69, 9.17) is 0 Å². The minimum atomic E-state index is 0.000387. The Bertz CT molecular complexity index is 3290. The van der Waals surface area contributed by atoms with Gasteiger partial charge in [0, 0.05) is 38.7 Å². The van der Waals surface area contributed by atoms with Crippen molar-refractivity contribution in [3.63, 3.8) is 0 Å². The fourth-order valence-electron chi connectivity index (χ4n) is 12.4. The van der Waals surface area contributed by atoms with Crippen molar-refractivity contribution in [1.82, 2.24) is 0 Å². The largest absolute Gasteiger partial charge is 0.309 e. The van der Waals surface area contributed by atoms with E-state index in [2.05, 4.69) is 232 Å². The number of aryl methyl sites for hydroxylation is 2. The molecule has 0 heterocycles. The average molecular weight is 909 g/mol. The molecule has 0 amide bonds. The van der Waals surface area contributed by atoms with Gasteiger partial charge in [0.15, 0.2) is 0 Å². The van der Waals surface area contributed by atoms with Gasteiger partial charge < -0.3 is 9.80 Å². The molecule has 10 aromatic rings. The molecule has 0 aliphatic heterocycles. The molecule has 2 fully saturated rings. The lowest BCUT2D eigenvalue weighted by atomic mass is 9.83. The fraction of sp³-hybridized carbons (Fsp3) is 0.235. The first kappa shape index (κ1) is 44.1. The van der Waals surface area contributed by atoms with Crippen LogP contribution >= 0.6 is 0 Å². The van der Waals surface area contributed by atoms with Crippen LogP contribution in [0.25, 0.3) is 54.6 Å². The van der Waals surface area contributed by atoms with Crippen LogP contribution in [0.5, 0.6) is 0 Å². The first-order chi connectivity index (χ1) is 34.2. The van der Waals surface area contributed by atoms with Crippen molar-refractivity contribution < 1.29 is 0 Å². The maximum Gasteiger partial charge on any atom is 0.0569 e. The highest BCUT2D eigenvalue weighted by atomic mass is 15.2. The molecule has 0 spiro atoms. The Balaban J connectivity index is 1.24. The molecule has 12 rings (SSSR count). The third-order valence-electron chi connectivity index (χ3n) is 16.0. The molecule has 0 aromatic heterocycles. The molecule has 0 bridgehead atoms. The van der Waals surface area contributed by atoms with Gasteiger partial charge in [-0.1, -0.05) is 204 Å². The first-order valence-corrected chi connectivity index (χ1v) is 26.1. The quantitative estimate of drug-likeness (QED) is 0.126. The Kier molecular flexibility index (Phi) is 11.3. The van der Waals surface area contributed by atoms with E-state index in [1.807, 2.05) is 0 Å². The van der Waals surface area contributed by atoms with Crippen LogP contribution < -0.4 is 9.80 Å². The highest BCUT2D eigenvalue weighted by molar-refractivity contribution is 6.29. The average Bonchev–Trinajstić information content (AvgIpc) is 4.15. The predicted molar refractivity (Wildman–Crippen MR) is 301 cm³/mol. The van der Waals surface area contributed by atoms with Gasteiger partial charge in [0.1, 0.15) is 0 Å². The second-order valence-corrected chi connectivity index (χ2v) is 21.6. The van der Waals surface area contributed by atoms with Crippen molar-refractivity contribution in [3.8, 4) is 22.3 Å². The molecule has 0 N–H and O–H groups in total. The molecule has 2 heteroatoms. The lowest BCUT2D eigenvalue weighted by molar-refractivity contribution is 0.591. The summed E-state index contributed by atoms with van der Waals surface area (Å²) in [6.07, 6.45) is 10.2. The summed E-state index contributed by atoms with van der Waals surface area (Å²) in [6.45, 7) is 11.6. The molecule has 2 saturated carbocycles. The molecule has 2 nitrogen and oxygen atoms in total. The number of anilines is 6. The van der Waals surface area contributed by atoms with Crippen molar-refractivity contribution in [3.05, 3.63) is 216 Å². The molecular formula is C68H64N2. The molecule has 2 aliphatic rings. The monoisotopic (exact) mass is 909 g/mol. The van der Waals surface area contributed by atoms with Crippen LogP contribution in [0, 0.1) is 13.8 Å². The van der Waals surface area contributed by atoms with E-state index in [0.29, 0.717) is 11.8 Å². The fourth-order valence-corrected chi connectivity index (χ4v) is 12.4. The molecule has 346 valence electrons. The second-order valence-electron chi connectivity index (χ2n) is 21.6. The number of hydrogen-bond donors (Lipinski definition) is 0. The van der Waals surface area contributed by atoms with Gasteiger partial charge in [0.05, 0.1) is 22.7 Å². The van der Waals surface area contributed by atoms with Gasteiger partial charge in [-0.25, -0.2) is 0 Å². The van der Waals surface area contributed by atoms with Crippen LogP contribution in [0.2, 0.25) is 0 Å². The van der Waals surface area contributed by atoms with Gasteiger partial charge in [-0.3, -0.25) is 0 Å². The lowest BCUT2D eigenvalue weighted by Gasteiger charge is -2.35. The highest BCUT2D eigenvalue weighted by Gasteiger charge is 2.30. The molecule has 0 radical (unpaired) electrons. The van der Waals surface area contributed by atoms with Crippen molar-refractivity contribution in [1.29, 1.82) is 0 Å². The van der Waals surface area contributed by atoms with E-state index in [-0.39, 0.29) is 5.41 Å². The first-order valence-electron chi connectivity index (χ1n) is 26.1. The zero-order valence-electron chi connectivity index (χ0n) is 41.6. The van der Waals surface area contributed by atoms with E-state index < -0.39 is 0 Å². The highest BCUT2D eigenvalue weighted by Crippen LogP contribution is 2.54. The summed E-state index contributed by atoms with van der Waals surface area (Å²) in [4.78, 5) is 5.30. The van der Waals surface area contributed by atoms with Gasteiger partial charge in [0.2, 0.25) is 0 Å². The smallest absolute Gasteiger partial charge is 0.0569 e. The van der Waals surface area contributed by atoms with E-state index in [1.165, 1.54) is 168 Å². The van der Waals surface area contributed by atoms with Crippen molar-refractivity contribution in [2.24, 2.45) is 0 Å². The van der Waals surface area contributed by atoms with Crippen LogP contribution in [-0.4, -0.2) is 0 Å². The van der Waals surface area contributed by atoms with Crippen molar-refractivity contribution in [2.45, 2.75) is 103 Å². The Morgan fingerprint density at radius 2 is 0.829 bits per heavy atom. The summed E-state index contributed by atoms with van der Waals surface area (Å²) in [5.74, 6) is 1.14. The Morgan fingerprint density at radius 1 is 0.400 bits per heavy atom. The van der Waals surface area contributed by atoms with Crippen molar-refractivity contribution in [2.75, 3.05) is 9.80 Å². The maximum absolute atomic E-state index is 2.65. The van der Waals surface area contributed by atoms with Gasteiger partial charge in [-0.15, -0.1) is 0 Å². The van der Waals surface area contributed by atoms with Gasteiger partial charge >= 0.3 is 0 Å². The number of nitrogens with zero attached hydrogens (tertiary/aromatic N) is 2. The van der Waals surface area contributed by atoms with Gasteiger partial charge in [-0.05, 0) is 142 Å². The summed E-state index contributed by atoms with van der Waals surface area (Å²) < 4.78 is 0. The minimum Gasteiger partial charge on any atom is -0.309 e. The number of rotatable bonds is 10.